The number of aryl methyl sites for hydroxylation is 1. The van der Waals surface area contributed by atoms with Gasteiger partial charge in [0.05, 0.1) is 6.61 Å². The lowest BCUT2D eigenvalue weighted by atomic mass is 10.0. The highest BCUT2D eigenvalue weighted by molar-refractivity contribution is 5.81. The molecule has 27 heavy (non-hydrogen) atoms. The summed E-state index contributed by atoms with van der Waals surface area (Å²) in [6, 6.07) is 8.21. The Kier molecular flexibility index (Phi) is 7.34. The summed E-state index contributed by atoms with van der Waals surface area (Å²) < 4.78 is 5.13. The molecule has 1 aliphatic heterocycles. The minimum Gasteiger partial charge on any atom is -0.463 e. The van der Waals surface area contributed by atoms with E-state index < -0.39 is 0 Å². The maximum Gasteiger partial charge on any atom is 0.330 e. The van der Waals surface area contributed by atoms with Crippen LogP contribution in [-0.4, -0.2) is 47.1 Å². The number of likely N-dealkylation sites (tertiary alicyclic amines) is 1. The lowest BCUT2D eigenvalue weighted by Crippen LogP contribution is -2.21. The molecule has 1 atom stereocenters. The highest BCUT2D eigenvalue weighted by atomic mass is 16.5. The molecule has 0 aromatic carbocycles. The van der Waals surface area contributed by atoms with Crippen LogP contribution in [0.15, 0.2) is 42.6 Å². The van der Waals surface area contributed by atoms with Crippen molar-refractivity contribution in [1.29, 1.82) is 0 Å². The van der Waals surface area contributed by atoms with E-state index in [2.05, 4.69) is 33.9 Å². The van der Waals surface area contributed by atoms with E-state index in [0.717, 1.165) is 62.0 Å². The summed E-state index contributed by atoms with van der Waals surface area (Å²) in [6.07, 6.45) is 10.6. The second kappa shape index (κ2) is 10.2. The van der Waals surface area contributed by atoms with Crippen LogP contribution in [0.2, 0.25) is 0 Å². The van der Waals surface area contributed by atoms with E-state index in [4.69, 9.17) is 4.74 Å². The standard InChI is InChI=1S/C22H29N3O2/c1-2-3-16-27-21(26)7-5-14-25-15-12-18(17-25)8-10-20-11-9-19-6-4-13-23-22(19)24-20/h4-7,9,11,13,18H,2-3,8,10,12,14-17H2,1H3. The minimum absolute atomic E-state index is 0.227. The van der Waals surface area contributed by atoms with Crippen LogP contribution < -0.4 is 0 Å². The third kappa shape index (κ3) is 6.14. The Hall–Kier alpha value is -2.27. The Balaban J connectivity index is 1.38. The first-order valence-electron chi connectivity index (χ1n) is 10.0. The molecule has 0 bridgehead atoms. The molecule has 1 aliphatic rings. The van der Waals surface area contributed by atoms with Crippen LogP contribution in [-0.2, 0) is 16.0 Å². The van der Waals surface area contributed by atoms with Gasteiger partial charge < -0.3 is 4.74 Å². The first-order valence-corrected chi connectivity index (χ1v) is 10.0. The van der Waals surface area contributed by atoms with Crippen LogP contribution in [0.3, 0.4) is 0 Å². The molecule has 1 saturated heterocycles. The van der Waals surface area contributed by atoms with Gasteiger partial charge in [-0.25, -0.2) is 14.8 Å². The fourth-order valence-corrected chi connectivity index (χ4v) is 3.46. The molecular formula is C22H29N3O2. The van der Waals surface area contributed by atoms with Crippen LogP contribution >= 0.6 is 0 Å². The zero-order chi connectivity index (χ0) is 18.9. The van der Waals surface area contributed by atoms with Crippen molar-refractivity contribution in [3.63, 3.8) is 0 Å². The summed E-state index contributed by atoms with van der Waals surface area (Å²) in [4.78, 5) is 23.0. The number of nitrogens with zero attached hydrogens (tertiary/aromatic N) is 3. The Morgan fingerprint density at radius 3 is 3.19 bits per heavy atom. The van der Waals surface area contributed by atoms with Crippen LogP contribution in [0.25, 0.3) is 11.0 Å². The molecule has 3 heterocycles. The van der Waals surface area contributed by atoms with E-state index in [1.54, 1.807) is 12.3 Å². The number of fused-ring (bicyclic) bond motifs is 1. The van der Waals surface area contributed by atoms with Crippen molar-refractivity contribution in [1.82, 2.24) is 14.9 Å². The summed E-state index contributed by atoms with van der Waals surface area (Å²) in [5, 5.41) is 1.09. The molecule has 0 saturated carbocycles. The van der Waals surface area contributed by atoms with Crippen molar-refractivity contribution < 1.29 is 9.53 Å². The van der Waals surface area contributed by atoms with E-state index in [-0.39, 0.29) is 5.97 Å². The van der Waals surface area contributed by atoms with E-state index in [0.29, 0.717) is 12.5 Å². The van der Waals surface area contributed by atoms with E-state index in [1.807, 2.05) is 18.2 Å². The number of rotatable bonds is 9. The first kappa shape index (κ1) is 19.5. The Labute approximate surface area is 161 Å². The van der Waals surface area contributed by atoms with Crippen molar-refractivity contribution >= 4 is 17.0 Å². The molecule has 5 heteroatoms. The van der Waals surface area contributed by atoms with Gasteiger partial charge in [0.2, 0.25) is 0 Å². The van der Waals surface area contributed by atoms with Crippen molar-refractivity contribution in [3.05, 3.63) is 48.3 Å². The fourth-order valence-electron chi connectivity index (χ4n) is 3.46. The molecule has 2 aromatic heterocycles. The number of ether oxygens (including phenoxy) is 1. The average Bonchev–Trinajstić information content (AvgIpc) is 3.14. The average molecular weight is 367 g/mol. The molecule has 144 valence electrons. The second-order valence-electron chi connectivity index (χ2n) is 7.23. The normalized spacial score (nSPS) is 17.7. The monoisotopic (exact) mass is 367 g/mol. The Bertz CT molecular complexity index is 775. The fraction of sp³-hybridized carbons (Fsp3) is 0.500. The quantitative estimate of drug-likeness (QED) is 0.383. The third-order valence-electron chi connectivity index (χ3n) is 5.06. The number of aromatic nitrogens is 2. The van der Waals surface area contributed by atoms with Crippen molar-refractivity contribution in [2.45, 2.75) is 39.0 Å². The minimum atomic E-state index is -0.227. The van der Waals surface area contributed by atoms with E-state index in [9.17, 15) is 4.79 Å². The highest BCUT2D eigenvalue weighted by Crippen LogP contribution is 2.21. The summed E-state index contributed by atoms with van der Waals surface area (Å²) in [7, 11) is 0. The van der Waals surface area contributed by atoms with Crippen molar-refractivity contribution in [2.75, 3.05) is 26.2 Å². The maximum absolute atomic E-state index is 11.6. The number of carbonyl (C=O) groups is 1. The Morgan fingerprint density at radius 1 is 1.37 bits per heavy atom. The van der Waals surface area contributed by atoms with E-state index >= 15 is 0 Å². The molecule has 2 aromatic rings. The van der Waals surface area contributed by atoms with Gasteiger partial charge in [0.25, 0.3) is 0 Å². The molecule has 1 unspecified atom stereocenters. The lowest BCUT2D eigenvalue weighted by molar-refractivity contribution is -0.137. The Morgan fingerprint density at radius 2 is 2.30 bits per heavy atom. The van der Waals surface area contributed by atoms with Gasteiger partial charge in [-0.15, -0.1) is 0 Å². The van der Waals surface area contributed by atoms with Crippen LogP contribution in [0, 0.1) is 5.92 Å². The predicted molar refractivity (Wildman–Crippen MR) is 107 cm³/mol. The van der Waals surface area contributed by atoms with Crippen LogP contribution in [0.4, 0.5) is 0 Å². The number of hydrogen-bond donors (Lipinski definition) is 0. The molecule has 0 radical (unpaired) electrons. The topological polar surface area (TPSA) is 55.3 Å². The van der Waals surface area contributed by atoms with Gasteiger partial charge in [0, 0.05) is 36.4 Å². The molecule has 0 aliphatic carbocycles. The zero-order valence-corrected chi connectivity index (χ0v) is 16.1. The molecule has 5 nitrogen and oxygen atoms in total. The number of pyridine rings is 2. The van der Waals surface area contributed by atoms with Gasteiger partial charge in [-0.2, -0.15) is 0 Å². The SMILES string of the molecule is CCCCOC(=O)C=CCN1CCC(CCc2ccc3cccnc3n2)C1. The second-order valence-corrected chi connectivity index (χ2v) is 7.23. The molecular weight excluding hydrogens is 338 g/mol. The van der Waals surface area contributed by atoms with Gasteiger partial charge in [0.15, 0.2) is 5.65 Å². The third-order valence-corrected chi connectivity index (χ3v) is 5.06. The molecule has 3 rings (SSSR count). The summed E-state index contributed by atoms with van der Waals surface area (Å²) >= 11 is 0. The number of carbonyl (C=O) groups excluding carboxylic acids is 1. The van der Waals surface area contributed by atoms with Gasteiger partial charge in [-0.3, -0.25) is 4.90 Å². The first-order chi connectivity index (χ1) is 13.2. The van der Waals surface area contributed by atoms with Crippen molar-refractivity contribution in [3.8, 4) is 0 Å². The molecule has 0 N–H and O–H groups in total. The van der Waals surface area contributed by atoms with Gasteiger partial charge in [-0.05, 0) is 62.4 Å². The van der Waals surface area contributed by atoms with Crippen LogP contribution in [0.1, 0.15) is 38.3 Å². The maximum atomic E-state index is 11.6. The number of hydrogen-bond acceptors (Lipinski definition) is 5. The largest absolute Gasteiger partial charge is 0.463 e. The van der Waals surface area contributed by atoms with E-state index in [1.165, 1.54) is 6.42 Å². The molecule has 0 amide bonds. The van der Waals surface area contributed by atoms with Crippen molar-refractivity contribution in [2.24, 2.45) is 5.92 Å². The number of esters is 1. The predicted octanol–water partition coefficient (Wildman–Crippen LogP) is 3.78. The van der Waals surface area contributed by atoms with Gasteiger partial charge in [0.1, 0.15) is 0 Å². The van der Waals surface area contributed by atoms with Crippen LogP contribution in [0.5, 0.6) is 0 Å². The molecule has 1 fully saturated rings. The summed E-state index contributed by atoms with van der Waals surface area (Å²) in [6.45, 7) is 5.59. The highest BCUT2D eigenvalue weighted by Gasteiger charge is 2.21. The smallest absolute Gasteiger partial charge is 0.330 e. The zero-order valence-electron chi connectivity index (χ0n) is 16.1. The molecule has 0 spiro atoms. The van der Waals surface area contributed by atoms with Gasteiger partial charge >= 0.3 is 5.97 Å². The summed E-state index contributed by atoms with van der Waals surface area (Å²) in [5.41, 5.74) is 1.95. The lowest BCUT2D eigenvalue weighted by Gasteiger charge is -2.13. The number of unbranched alkanes of at least 4 members (excludes halogenated alkanes) is 1. The summed E-state index contributed by atoms with van der Waals surface area (Å²) in [5.74, 6) is 0.464. The van der Waals surface area contributed by atoms with Gasteiger partial charge in [-0.1, -0.05) is 19.4 Å².